The molecule has 1 fully saturated rings. The second-order valence-electron chi connectivity index (χ2n) is 7.58. The SMILES string of the molecule is O=C(CN1CCN(c2nc(-c3ccsc3)nc3ccccc23)CC1)Nc1ccccc1. The molecule has 0 unspecified atom stereocenters. The Balaban J connectivity index is 1.30. The number of carbonyl (C=O) groups excluding carboxylic acids is 1. The first-order valence-electron chi connectivity index (χ1n) is 10.4. The molecule has 156 valence electrons. The number of aromatic nitrogens is 2. The molecule has 2 aromatic carbocycles. The Morgan fingerprint density at radius 3 is 2.48 bits per heavy atom. The molecule has 0 bridgehead atoms. The highest BCUT2D eigenvalue weighted by Gasteiger charge is 2.22. The van der Waals surface area contributed by atoms with Gasteiger partial charge in [-0.25, -0.2) is 9.97 Å². The molecular formula is C24H23N5OS. The van der Waals surface area contributed by atoms with Crippen LogP contribution in [0, 0.1) is 0 Å². The number of para-hydroxylation sites is 2. The Hall–Kier alpha value is -3.29. The van der Waals surface area contributed by atoms with Crippen molar-refractivity contribution in [1.82, 2.24) is 14.9 Å². The third-order valence-electron chi connectivity index (χ3n) is 5.46. The second kappa shape index (κ2) is 8.83. The zero-order chi connectivity index (χ0) is 21.0. The maximum absolute atomic E-state index is 12.4. The Morgan fingerprint density at radius 1 is 0.935 bits per heavy atom. The van der Waals surface area contributed by atoms with E-state index in [2.05, 4.69) is 32.6 Å². The predicted octanol–water partition coefficient (Wildman–Crippen LogP) is 4.12. The molecule has 3 heterocycles. The maximum atomic E-state index is 12.4. The third-order valence-corrected chi connectivity index (χ3v) is 6.14. The number of hydrogen-bond donors (Lipinski definition) is 1. The van der Waals surface area contributed by atoms with E-state index in [0.29, 0.717) is 6.54 Å². The first-order chi connectivity index (χ1) is 15.3. The lowest BCUT2D eigenvalue weighted by Crippen LogP contribution is -2.49. The summed E-state index contributed by atoms with van der Waals surface area (Å²) in [4.78, 5) is 26.6. The van der Waals surface area contributed by atoms with Crippen molar-refractivity contribution in [1.29, 1.82) is 0 Å². The lowest BCUT2D eigenvalue weighted by Gasteiger charge is -2.35. The fourth-order valence-electron chi connectivity index (χ4n) is 3.86. The van der Waals surface area contributed by atoms with Crippen LogP contribution in [0.5, 0.6) is 0 Å². The molecule has 7 heteroatoms. The molecule has 0 radical (unpaired) electrons. The quantitative estimate of drug-likeness (QED) is 0.517. The van der Waals surface area contributed by atoms with Gasteiger partial charge in [-0.05, 0) is 35.7 Å². The summed E-state index contributed by atoms with van der Waals surface area (Å²) < 4.78 is 0. The van der Waals surface area contributed by atoms with Gasteiger partial charge in [0.05, 0.1) is 12.1 Å². The van der Waals surface area contributed by atoms with Gasteiger partial charge in [-0.15, -0.1) is 0 Å². The van der Waals surface area contributed by atoms with E-state index in [1.54, 1.807) is 11.3 Å². The number of amides is 1. The van der Waals surface area contributed by atoms with E-state index < -0.39 is 0 Å². The molecule has 0 spiro atoms. The van der Waals surface area contributed by atoms with Gasteiger partial charge in [0.15, 0.2) is 5.82 Å². The van der Waals surface area contributed by atoms with Crippen molar-refractivity contribution in [2.24, 2.45) is 0 Å². The predicted molar refractivity (Wildman–Crippen MR) is 127 cm³/mol. The molecule has 0 atom stereocenters. The van der Waals surface area contributed by atoms with Gasteiger partial charge < -0.3 is 10.2 Å². The molecular weight excluding hydrogens is 406 g/mol. The molecule has 31 heavy (non-hydrogen) atoms. The number of benzene rings is 2. The molecule has 6 nitrogen and oxygen atoms in total. The van der Waals surface area contributed by atoms with E-state index >= 15 is 0 Å². The van der Waals surface area contributed by atoms with E-state index in [4.69, 9.17) is 9.97 Å². The molecule has 1 aliphatic rings. The van der Waals surface area contributed by atoms with Crippen molar-refractivity contribution in [2.45, 2.75) is 0 Å². The zero-order valence-electron chi connectivity index (χ0n) is 17.1. The summed E-state index contributed by atoms with van der Waals surface area (Å²) in [5.74, 6) is 1.76. The first kappa shape index (κ1) is 19.7. The molecule has 5 rings (SSSR count). The number of rotatable bonds is 5. The summed E-state index contributed by atoms with van der Waals surface area (Å²) in [5.41, 5.74) is 2.84. The fourth-order valence-corrected chi connectivity index (χ4v) is 4.50. The van der Waals surface area contributed by atoms with Gasteiger partial charge in [-0.3, -0.25) is 9.69 Å². The van der Waals surface area contributed by atoms with Crippen molar-refractivity contribution in [3.63, 3.8) is 0 Å². The molecule has 0 saturated carbocycles. The molecule has 1 amide bonds. The highest BCUT2D eigenvalue weighted by Crippen LogP contribution is 2.29. The summed E-state index contributed by atoms with van der Waals surface area (Å²) in [7, 11) is 0. The van der Waals surface area contributed by atoms with Gasteiger partial charge in [0.25, 0.3) is 0 Å². The topological polar surface area (TPSA) is 61.4 Å². The minimum absolute atomic E-state index is 0.0203. The molecule has 1 saturated heterocycles. The first-order valence-corrected chi connectivity index (χ1v) is 11.3. The van der Waals surface area contributed by atoms with Crippen molar-refractivity contribution < 1.29 is 4.79 Å². The van der Waals surface area contributed by atoms with E-state index in [0.717, 1.165) is 60.0 Å². The smallest absolute Gasteiger partial charge is 0.238 e. The number of nitrogens with zero attached hydrogens (tertiary/aromatic N) is 4. The van der Waals surface area contributed by atoms with Crippen LogP contribution >= 0.6 is 11.3 Å². The van der Waals surface area contributed by atoms with Gasteiger partial charge in [0.1, 0.15) is 5.82 Å². The van der Waals surface area contributed by atoms with Crippen LogP contribution in [0.2, 0.25) is 0 Å². The van der Waals surface area contributed by atoms with Crippen molar-refractivity contribution in [2.75, 3.05) is 42.9 Å². The zero-order valence-corrected chi connectivity index (χ0v) is 17.9. The van der Waals surface area contributed by atoms with Gasteiger partial charge in [0.2, 0.25) is 5.91 Å². The van der Waals surface area contributed by atoms with Crippen LogP contribution in [-0.2, 0) is 4.79 Å². The largest absolute Gasteiger partial charge is 0.353 e. The van der Waals surface area contributed by atoms with Crippen LogP contribution in [0.3, 0.4) is 0 Å². The highest BCUT2D eigenvalue weighted by molar-refractivity contribution is 7.08. The van der Waals surface area contributed by atoms with Crippen LogP contribution in [0.4, 0.5) is 11.5 Å². The number of hydrogen-bond acceptors (Lipinski definition) is 6. The summed E-state index contributed by atoms with van der Waals surface area (Å²) >= 11 is 1.65. The van der Waals surface area contributed by atoms with Gasteiger partial charge in [-0.2, -0.15) is 11.3 Å². The summed E-state index contributed by atoms with van der Waals surface area (Å²) in [6.07, 6.45) is 0. The number of anilines is 2. The van der Waals surface area contributed by atoms with E-state index in [9.17, 15) is 4.79 Å². The number of piperazine rings is 1. The summed E-state index contributed by atoms with van der Waals surface area (Å²) in [6.45, 7) is 3.67. The van der Waals surface area contributed by atoms with Crippen LogP contribution < -0.4 is 10.2 Å². The van der Waals surface area contributed by atoms with Crippen molar-refractivity contribution in [3.05, 3.63) is 71.4 Å². The normalized spacial score (nSPS) is 14.6. The van der Waals surface area contributed by atoms with Crippen LogP contribution in [0.1, 0.15) is 0 Å². The lowest BCUT2D eigenvalue weighted by molar-refractivity contribution is -0.117. The van der Waals surface area contributed by atoms with E-state index in [1.165, 1.54) is 0 Å². The third kappa shape index (κ3) is 4.42. The van der Waals surface area contributed by atoms with Crippen LogP contribution in [0.25, 0.3) is 22.3 Å². The summed E-state index contributed by atoms with van der Waals surface area (Å²) in [5, 5.41) is 8.16. The number of fused-ring (bicyclic) bond motifs is 1. The number of thiophene rings is 1. The molecule has 4 aromatic rings. The van der Waals surface area contributed by atoms with E-state index in [1.807, 2.05) is 53.9 Å². The molecule has 2 aromatic heterocycles. The van der Waals surface area contributed by atoms with Crippen molar-refractivity contribution in [3.8, 4) is 11.4 Å². The highest BCUT2D eigenvalue weighted by atomic mass is 32.1. The monoisotopic (exact) mass is 429 g/mol. The average molecular weight is 430 g/mol. The summed E-state index contributed by atoms with van der Waals surface area (Å²) in [6, 6.07) is 19.8. The Bertz CT molecular complexity index is 1170. The van der Waals surface area contributed by atoms with Gasteiger partial charge in [-0.1, -0.05) is 30.3 Å². The van der Waals surface area contributed by atoms with Crippen LogP contribution in [0.15, 0.2) is 71.4 Å². The minimum Gasteiger partial charge on any atom is -0.353 e. The standard InChI is InChI=1S/C24H23N5OS/c30-22(25-19-6-2-1-3-7-19)16-28-11-13-29(14-12-28)24-20-8-4-5-9-21(20)26-23(27-24)18-10-15-31-17-18/h1-10,15,17H,11-14,16H2,(H,25,30). The maximum Gasteiger partial charge on any atom is 0.238 e. The molecule has 1 N–H and O–H groups in total. The van der Waals surface area contributed by atoms with Gasteiger partial charge in [0, 0.05) is 48.2 Å². The Labute approximate surface area is 185 Å². The lowest BCUT2D eigenvalue weighted by atomic mass is 10.2. The fraction of sp³-hybridized carbons (Fsp3) is 0.208. The van der Waals surface area contributed by atoms with Crippen molar-refractivity contribution >= 4 is 39.7 Å². The Kier molecular flexibility index (Phi) is 5.60. The average Bonchev–Trinajstić information content (AvgIpc) is 3.35. The Morgan fingerprint density at radius 2 is 1.71 bits per heavy atom. The number of carbonyl (C=O) groups is 1. The van der Waals surface area contributed by atoms with Crippen LogP contribution in [-0.4, -0.2) is 53.5 Å². The molecule has 0 aliphatic carbocycles. The second-order valence-corrected chi connectivity index (χ2v) is 8.36. The number of nitrogens with one attached hydrogen (secondary N) is 1. The van der Waals surface area contributed by atoms with E-state index in [-0.39, 0.29) is 5.91 Å². The minimum atomic E-state index is 0.0203. The van der Waals surface area contributed by atoms with Gasteiger partial charge >= 0.3 is 0 Å². The molecule has 1 aliphatic heterocycles.